The summed E-state index contributed by atoms with van der Waals surface area (Å²) < 4.78 is 0. The van der Waals surface area contributed by atoms with Crippen LogP contribution in [0.4, 0.5) is 0 Å². The van der Waals surface area contributed by atoms with Crippen LogP contribution in [0.1, 0.15) is 44.3 Å². The fourth-order valence-electron chi connectivity index (χ4n) is 2.72. The largest absolute Gasteiger partial charge is 0.271 e. The first-order chi connectivity index (χ1) is 7.81. The van der Waals surface area contributed by atoms with Crippen LogP contribution in [-0.4, -0.2) is 9.97 Å². The molecule has 1 heterocycles. The minimum absolute atomic E-state index is 0.149. The molecule has 1 aliphatic rings. The standard InChI is InChI=1S/C12H20N4/c1-9-3-2-4-10(7-9)12(16-13)11-8-14-5-6-15-11/h5-6,8-10,12,16H,2-4,7,13H2,1H3. The summed E-state index contributed by atoms with van der Waals surface area (Å²) in [6.45, 7) is 2.32. The quantitative estimate of drug-likeness (QED) is 0.602. The van der Waals surface area contributed by atoms with Crippen LogP contribution < -0.4 is 11.3 Å². The maximum atomic E-state index is 5.66. The zero-order valence-electron chi connectivity index (χ0n) is 9.76. The van der Waals surface area contributed by atoms with Gasteiger partial charge in [0.15, 0.2) is 0 Å². The predicted octanol–water partition coefficient (Wildman–Crippen LogP) is 1.81. The lowest BCUT2D eigenvalue weighted by Gasteiger charge is -2.32. The van der Waals surface area contributed by atoms with Gasteiger partial charge in [0.05, 0.1) is 17.9 Å². The molecule has 0 bridgehead atoms. The lowest BCUT2D eigenvalue weighted by atomic mass is 9.78. The van der Waals surface area contributed by atoms with Crippen LogP contribution in [0.25, 0.3) is 0 Å². The summed E-state index contributed by atoms with van der Waals surface area (Å²) in [5, 5.41) is 0. The van der Waals surface area contributed by atoms with E-state index in [4.69, 9.17) is 5.84 Å². The van der Waals surface area contributed by atoms with Crippen molar-refractivity contribution in [3.8, 4) is 0 Å². The van der Waals surface area contributed by atoms with Crippen molar-refractivity contribution in [2.75, 3.05) is 0 Å². The molecule has 3 N–H and O–H groups in total. The van der Waals surface area contributed by atoms with Gasteiger partial charge in [0.2, 0.25) is 0 Å². The number of hydrogen-bond acceptors (Lipinski definition) is 4. The Morgan fingerprint density at radius 3 is 2.94 bits per heavy atom. The van der Waals surface area contributed by atoms with Crippen molar-refractivity contribution < 1.29 is 0 Å². The summed E-state index contributed by atoms with van der Waals surface area (Å²) in [5.74, 6) is 7.05. The third-order valence-corrected chi connectivity index (χ3v) is 3.53. The van der Waals surface area contributed by atoms with Crippen molar-refractivity contribution in [3.63, 3.8) is 0 Å². The molecule has 0 spiro atoms. The molecule has 3 unspecified atom stereocenters. The van der Waals surface area contributed by atoms with Gasteiger partial charge in [0.1, 0.15) is 0 Å². The first-order valence-electron chi connectivity index (χ1n) is 6.03. The number of nitrogens with zero attached hydrogens (tertiary/aromatic N) is 2. The van der Waals surface area contributed by atoms with Crippen molar-refractivity contribution in [2.45, 2.75) is 38.6 Å². The van der Waals surface area contributed by atoms with Crippen LogP contribution in [0.3, 0.4) is 0 Å². The third kappa shape index (κ3) is 2.57. The Morgan fingerprint density at radius 2 is 2.31 bits per heavy atom. The minimum Gasteiger partial charge on any atom is -0.271 e. The van der Waals surface area contributed by atoms with Crippen LogP contribution in [0, 0.1) is 11.8 Å². The monoisotopic (exact) mass is 220 g/mol. The molecular weight excluding hydrogens is 200 g/mol. The fourth-order valence-corrected chi connectivity index (χ4v) is 2.72. The average molecular weight is 220 g/mol. The van der Waals surface area contributed by atoms with Gasteiger partial charge in [-0.3, -0.25) is 21.2 Å². The van der Waals surface area contributed by atoms with Crippen LogP contribution in [0.15, 0.2) is 18.6 Å². The number of hydrogen-bond donors (Lipinski definition) is 2. The molecule has 1 saturated carbocycles. The molecular formula is C12H20N4. The van der Waals surface area contributed by atoms with Gasteiger partial charge in [0, 0.05) is 12.4 Å². The summed E-state index contributed by atoms with van der Waals surface area (Å²) in [4.78, 5) is 8.45. The minimum atomic E-state index is 0.149. The van der Waals surface area contributed by atoms with Gasteiger partial charge in [-0.1, -0.05) is 19.8 Å². The van der Waals surface area contributed by atoms with E-state index in [0.717, 1.165) is 11.6 Å². The van der Waals surface area contributed by atoms with E-state index in [1.165, 1.54) is 25.7 Å². The van der Waals surface area contributed by atoms with E-state index in [1.54, 1.807) is 12.4 Å². The summed E-state index contributed by atoms with van der Waals surface area (Å²) >= 11 is 0. The lowest BCUT2D eigenvalue weighted by molar-refractivity contribution is 0.221. The Morgan fingerprint density at radius 1 is 1.44 bits per heavy atom. The van der Waals surface area contributed by atoms with Crippen molar-refractivity contribution in [1.82, 2.24) is 15.4 Å². The van der Waals surface area contributed by atoms with E-state index in [-0.39, 0.29) is 6.04 Å². The van der Waals surface area contributed by atoms with Crippen LogP contribution >= 0.6 is 0 Å². The molecule has 2 rings (SSSR count). The Labute approximate surface area is 96.6 Å². The molecule has 0 saturated heterocycles. The van der Waals surface area contributed by atoms with Gasteiger partial charge in [-0.15, -0.1) is 0 Å². The average Bonchev–Trinajstić information content (AvgIpc) is 2.31. The second-order valence-corrected chi connectivity index (χ2v) is 4.81. The Kier molecular flexibility index (Phi) is 3.85. The number of hydrazine groups is 1. The topological polar surface area (TPSA) is 63.8 Å². The fraction of sp³-hybridized carbons (Fsp3) is 0.667. The van der Waals surface area contributed by atoms with Crippen LogP contribution in [0.2, 0.25) is 0 Å². The van der Waals surface area contributed by atoms with Crippen molar-refractivity contribution >= 4 is 0 Å². The first kappa shape index (κ1) is 11.5. The summed E-state index contributed by atoms with van der Waals surface area (Å²) in [7, 11) is 0. The number of nitrogens with one attached hydrogen (secondary N) is 1. The lowest BCUT2D eigenvalue weighted by Crippen LogP contribution is -2.36. The molecule has 1 aromatic heterocycles. The van der Waals surface area contributed by atoms with Crippen LogP contribution in [-0.2, 0) is 0 Å². The predicted molar refractivity (Wildman–Crippen MR) is 63.2 cm³/mol. The summed E-state index contributed by atoms with van der Waals surface area (Å²) in [6, 6.07) is 0.149. The van der Waals surface area contributed by atoms with E-state index in [9.17, 15) is 0 Å². The zero-order chi connectivity index (χ0) is 11.4. The van der Waals surface area contributed by atoms with Gasteiger partial charge in [-0.05, 0) is 24.7 Å². The molecule has 0 aliphatic heterocycles. The van der Waals surface area contributed by atoms with E-state index < -0.39 is 0 Å². The van der Waals surface area contributed by atoms with Gasteiger partial charge in [0.25, 0.3) is 0 Å². The maximum Gasteiger partial charge on any atom is 0.0772 e. The van der Waals surface area contributed by atoms with Gasteiger partial charge < -0.3 is 0 Å². The highest BCUT2D eigenvalue weighted by Gasteiger charge is 2.27. The second kappa shape index (κ2) is 5.37. The molecule has 4 nitrogen and oxygen atoms in total. The number of nitrogens with two attached hydrogens (primary N) is 1. The first-order valence-corrected chi connectivity index (χ1v) is 6.03. The third-order valence-electron chi connectivity index (χ3n) is 3.53. The van der Waals surface area contributed by atoms with Gasteiger partial charge in [-0.2, -0.15) is 0 Å². The molecule has 4 heteroatoms. The van der Waals surface area contributed by atoms with Crippen molar-refractivity contribution in [1.29, 1.82) is 0 Å². The summed E-state index contributed by atoms with van der Waals surface area (Å²) in [6.07, 6.45) is 10.3. The molecule has 3 atom stereocenters. The van der Waals surface area contributed by atoms with Crippen molar-refractivity contribution in [3.05, 3.63) is 24.3 Å². The van der Waals surface area contributed by atoms with Crippen molar-refractivity contribution in [2.24, 2.45) is 17.7 Å². The highest BCUT2D eigenvalue weighted by Crippen LogP contribution is 2.35. The van der Waals surface area contributed by atoms with E-state index in [2.05, 4.69) is 22.3 Å². The highest BCUT2D eigenvalue weighted by molar-refractivity contribution is 5.04. The molecule has 88 valence electrons. The van der Waals surface area contributed by atoms with Gasteiger partial charge >= 0.3 is 0 Å². The highest BCUT2D eigenvalue weighted by atomic mass is 15.2. The van der Waals surface area contributed by atoms with E-state index in [1.807, 2.05) is 6.20 Å². The Balaban J connectivity index is 2.10. The summed E-state index contributed by atoms with van der Waals surface area (Å²) in [5.41, 5.74) is 3.87. The molecule has 16 heavy (non-hydrogen) atoms. The Bertz CT molecular complexity index is 314. The molecule has 1 aromatic rings. The van der Waals surface area contributed by atoms with Gasteiger partial charge in [-0.25, -0.2) is 0 Å². The normalized spacial score (nSPS) is 27.6. The maximum absolute atomic E-state index is 5.66. The Hall–Kier alpha value is -1.00. The number of rotatable bonds is 3. The number of aromatic nitrogens is 2. The smallest absolute Gasteiger partial charge is 0.0772 e. The van der Waals surface area contributed by atoms with Crippen LogP contribution in [0.5, 0.6) is 0 Å². The molecule has 1 aliphatic carbocycles. The molecule has 0 aromatic carbocycles. The molecule has 1 fully saturated rings. The molecule has 0 radical (unpaired) electrons. The van der Waals surface area contributed by atoms with E-state index >= 15 is 0 Å². The zero-order valence-corrected chi connectivity index (χ0v) is 9.76. The van der Waals surface area contributed by atoms with E-state index in [0.29, 0.717) is 5.92 Å². The second-order valence-electron chi connectivity index (χ2n) is 4.81. The molecule has 0 amide bonds. The SMILES string of the molecule is CC1CCCC(C(NN)c2cnccn2)C1.